The van der Waals surface area contributed by atoms with Crippen LogP contribution in [0.25, 0.3) is 6.08 Å². The number of rotatable bonds is 3. The zero-order chi connectivity index (χ0) is 23.7. The molecule has 2 aliphatic rings. The van der Waals surface area contributed by atoms with E-state index in [4.69, 9.17) is 4.74 Å². The van der Waals surface area contributed by atoms with Crippen LogP contribution in [0, 0.1) is 6.92 Å². The summed E-state index contributed by atoms with van der Waals surface area (Å²) < 4.78 is 5.84. The molecule has 1 N–H and O–H groups in total. The topological polar surface area (TPSA) is 61.9 Å². The normalized spacial score (nSPS) is 18.8. The van der Waals surface area contributed by atoms with Crippen molar-refractivity contribution in [3.05, 3.63) is 95.2 Å². The van der Waals surface area contributed by atoms with Crippen LogP contribution in [-0.4, -0.2) is 42.4 Å². The fraction of sp³-hybridized carbons (Fsp3) is 0.214. The minimum Gasteiger partial charge on any atom is -0.449 e. The Labute approximate surface area is 199 Å². The summed E-state index contributed by atoms with van der Waals surface area (Å²) >= 11 is 0. The number of benzene rings is 3. The summed E-state index contributed by atoms with van der Waals surface area (Å²) in [6, 6.07) is 23.4. The Morgan fingerprint density at radius 1 is 1.03 bits per heavy atom. The number of anilines is 2. The van der Waals surface area contributed by atoms with Crippen molar-refractivity contribution in [2.24, 2.45) is 0 Å². The Balaban J connectivity index is 1.30. The van der Waals surface area contributed by atoms with Gasteiger partial charge in [0.15, 0.2) is 11.5 Å². The van der Waals surface area contributed by atoms with Gasteiger partial charge in [-0.1, -0.05) is 42.5 Å². The standard InChI is InChI=1S/C28H27N3O3/c1-19-7-6-10-23(15-19)31-14-13-30(18-20(31)2)28(33)22-11-12-25-24(17-22)29-27(32)26(34-25)16-21-8-4-3-5-9-21/h3-12,15-17,20H,13-14,18H2,1-2H3,(H,29,32)/b26-16-/t20-/m1/s1. The van der Waals surface area contributed by atoms with Crippen molar-refractivity contribution in [3.8, 4) is 5.75 Å². The summed E-state index contributed by atoms with van der Waals surface area (Å²) in [5, 5.41) is 2.86. The van der Waals surface area contributed by atoms with E-state index in [2.05, 4.69) is 48.3 Å². The summed E-state index contributed by atoms with van der Waals surface area (Å²) in [6.45, 7) is 6.28. The number of fused-ring (bicyclic) bond motifs is 1. The lowest BCUT2D eigenvalue weighted by atomic mass is 10.1. The van der Waals surface area contributed by atoms with Crippen molar-refractivity contribution < 1.29 is 14.3 Å². The van der Waals surface area contributed by atoms with Crippen LogP contribution in [0.5, 0.6) is 5.75 Å². The minimum absolute atomic E-state index is 0.0431. The second-order valence-corrected chi connectivity index (χ2v) is 8.82. The summed E-state index contributed by atoms with van der Waals surface area (Å²) in [5.41, 5.74) is 4.33. The maximum Gasteiger partial charge on any atom is 0.291 e. The molecule has 1 saturated heterocycles. The monoisotopic (exact) mass is 453 g/mol. The lowest BCUT2D eigenvalue weighted by Gasteiger charge is -2.41. The molecule has 1 fully saturated rings. The molecule has 6 heteroatoms. The SMILES string of the molecule is Cc1cccc(N2CCN(C(=O)c3ccc4c(c3)NC(=O)/C(=C/c3ccccc3)O4)C[C@H]2C)c1. The average molecular weight is 454 g/mol. The van der Waals surface area contributed by atoms with E-state index in [1.807, 2.05) is 35.2 Å². The van der Waals surface area contributed by atoms with Gasteiger partial charge in [-0.25, -0.2) is 0 Å². The molecule has 0 aliphatic carbocycles. The third-order valence-corrected chi connectivity index (χ3v) is 6.26. The van der Waals surface area contributed by atoms with Gasteiger partial charge in [0.25, 0.3) is 11.8 Å². The molecule has 0 unspecified atom stereocenters. The maximum absolute atomic E-state index is 13.3. The summed E-state index contributed by atoms with van der Waals surface area (Å²) in [5.74, 6) is 0.370. The first-order valence-electron chi connectivity index (χ1n) is 11.5. The predicted octanol–water partition coefficient (Wildman–Crippen LogP) is 4.72. The molecule has 0 aromatic heterocycles. The van der Waals surface area contributed by atoms with E-state index in [0.29, 0.717) is 30.1 Å². The van der Waals surface area contributed by atoms with Gasteiger partial charge in [0.05, 0.1) is 5.69 Å². The third kappa shape index (κ3) is 4.39. The van der Waals surface area contributed by atoms with Crippen molar-refractivity contribution in [1.29, 1.82) is 0 Å². The smallest absolute Gasteiger partial charge is 0.291 e. The molecule has 3 aromatic carbocycles. The van der Waals surface area contributed by atoms with Crippen molar-refractivity contribution >= 4 is 29.3 Å². The molecule has 0 bridgehead atoms. The van der Waals surface area contributed by atoms with Gasteiger partial charge in [-0.05, 0) is 61.4 Å². The van der Waals surface area contributed by atoms with Crippen molar-refractivity contribution in [2.75, 3.05) is 29.9 Å². The molecular formula is C28H27N3O3. The van der Waals surface area contributed by atoms with Crippen LogP contribution in [0.4, 0.5) is 11.4 Å². The highest BCUT2D eigenvalue weighted by molar-refractivity contribution is 6.09. The van der Waals surface area contributed by atoms with Gasteiger partial charge in [-0.3, -0.25) is 9.59 Å². The number of ether oxygens (including phenoxy) is 1. The number of carbonyl (C=O) groups excluding carboxylic acids is 2. The first-order chi connectivity index (χ1) is 16.5. The molecule has 5 rings (SSSR count). The number of hydrogen-bond donors (Lipinski definition) is 1. The fourth-order valence-corrected chi connectivity index (χ4v) is 4.51. The van der Waals surface area contributed by atoms with Gasteiger partial charge in [-0.2, -0.15) is 0 Å². The zero-order valence-electron chi connectivity index (χ0n) is 19.3. The second kappa shape index (κ2) is 9.06. The second-order valence-electron chi connectivity index (χ2n) is 8.82. The van der Waals surface area contributed by atoms with Crippen LogP contribution < -0.4 is 15.0 Å². The fourth-order valence-electron chi connectivity index (χ4n) is 4.51. The average Bonchev–Trinajstić information content (AvgIpc) is 2.84. The number of aryl methyl sites for hydroxylation is 1. The van der Waals surface area contributed by atoms with E-state index in [1.54, 1.807) is 24.3 Å². The van der Waals surface area contributed by atoms with E-state index in [1.165, 1.54) is 11.3 Å². The van der Waals surface area contributed by atoms with E-state index in [-0.39, 0.29) is 23.6 Å². The Morgan fingerprint density at radius 3 is 2.62 bits per heavy atom. The first kappa shape index (κ1) is 21.8. The number of carbonyl (C=O) groups is 2. The molecule has 6 nitrogen and oxygen atoms in total. The Bertz CT molecular complexity index is 1270. The minimum atomic E-state index is -0.332. The lowest BCUT2D eigenvalue weighted by molar-refractivity contribution is -0.115. The van der Waals surface area contributed by atoms with Crippen LogP contribution in [0.15, 0.2) is 78.6 Å². The quantitative estimate of drug-likeness (QED) is 0.583. The van der Waals surface area contributed by atoms with E-state index >= 15 is 0 Å². The Kier molecular flexibility index (Phi) is 5.80. The molecule has 2 heterocycles. The summed E-state index contributed by atoms with van der Waals surface area (Å²) in [7, 11) is 0. The molecule has 34 heavy (non-hydrogen) atoms. The number of piperazine rings is 1. The van der Waals surface area contributed by atoms with Crippen molar-refractivity contribution in [1.82, 2.24) is 4.90 Å². The highest BCUT2D eigenvalue weighted by atomic mass is 16.5. The molecule has 2 amide bonds. The van der Waals surface area contributed by atoms with E-state index in [9.17, 15) is 9.59 Å². The Hall–Kier alpha value is -4.06. The van der Waals surface area contributed by atoms with Gasteiger partial charge >= 0.3 is 0 Å². The van der Waals surface area contributed by atoms with Gasteiger partial charge in [-0.15, -0.1) is 0 Å². The van der Waals surface area contributed by atoms with Crippen LogP contribution in [-0.2, 0) is 4.79 Å². The summed E-state index contributed by atoms with van der Waals surface area (Å²) in [6.07, 6.45) is 1.70. The van der Waals surface area contributed by atoms with Crippen molar-refractivity contribution in [3.63, 3.8) is 0 Å². The molecule has 0 radical (unpaired) electrons. The lowest BCUT2D eigenvalue weighted by Crippen LogP contribution is -2.53. The number of hydrogen-bond acceptors (Lipinski definition) is 4. The number of nitrogens with zero attached hydrogens (tertiary/aromatic N) is 2. The molecule has 0 spiro atoms. The highest BCUT2D eigenvalue weighted by Crippen LogP contribution is 2.33. The zero-order valence-corrected chi connectivity index (χ0v) is 19.3. The Morgan fingerprint density at radius 2 is 1.85 bits per heavy atom. The molecule has 1 atom stereocenters. The number of amides is 2. The van der Waals surface area contributed by atoms with Crippen LogP contribution >= 0.6 is 0 Å². The van der Waals surface area contributed by atoms with Crippen LogP contribution in [0.3, 0.4) is 0 Å². The largest absolute Gasteiger partial charge is 0.449 e. The highest BCUT2D eigenvalue weighted by Gasteiger charge is 2.29. The molecule has 172 valence electrons. The van der Waals surface area contributed by atoms with Gasteiger partial charge in [0, 0.05) is 36.9 Å². The molecule has 3 aromatic rings. The maximum atomic E-state index is 13.3. The van der Waals surface area contributed by atoms with Crippen molar-refractivity contribution in [2.45, 2.75) is 19.9 Å². The molecule has 0 saturated carbocycles. The van der Waals surface area contributed by atoms with Gasteiger partial charge in [0.1, 0.15) is 0 Å². The summed E-state index contributed by atoms with van der Waals surface area (Å²) in [4.78, 5) is 30.1. The van der Waals surface area contributed by atoms with E-state index in [0.717, 1.165) is 12.1 Å². The van der Waals surface area contributed by atoms with Gasteiger partial charge in [0.2, 0.25) is 0 Å². The molecule has 2 aliphatic heterocycles. The first-order valence-corrected chi connectivity index (χ1v) is 11.5. The van der Waals surface area contributed by atoms with Crippen LogP contribution in [0.1, 0.15) is 28.4 Å². The number of nitrogens with one attached hydrogen (secondary N) is 1. The van der Waals surface area contributed by atoms with Gasteiger partial charge < -0.3 is 19.9 Å². The predicted molar refractivity (Wildman–Crippen MR) is 134 cm³/mol. The van der Waals surface area contributed by atoms with E-state index < -0.39 is 0 Å². The van der Waals surface area contributed by atoms with Crippen LogP contribution in [0.2, 0.25) is 0 Å². The third-order valence-electron chi connectivity index (χ3n) is 6.26. The molecular weight excluding hydrogens is 426 g/mol.